The Morgan fingerprint density at radius 2 is 1.85 bits per heavy atom. The Kier molecular flexibility index (Phi) is 5.68. The molecule has 0 spiro atoms. The van der Waals surface area contributed by atoms with Crippen molar-refractivity contribution < 1.29 is 0 Å². The monoisotopic (exact) mass is 273 g/mol. The number of pyridine rings is 1. The van der Waals surface area contributed by atoms with E-state index in [9.17, 15) is 0 Å². The summed E-state index contributed by atoms with van der Waals surface area (Å²) in [6.45, 7) is 3.54. The SMILES string of the molecule is CCCCCCCn1nnc(CN)c1-c1ccncc1. The first-order chi connectivity index (χ1) is 9.86. The molecule has 0 aliphatic heterocycles. The van der Waals surface area contributed by atoms with E-state index >= 15 is 0 Å². The van der Waals surface area contributed by atoms with Crippen LogP contribution in [0.15, 0.2) is 24.5 Å². The van der Waals surface area contributed by atoms with Gasteiger partial charge < -0.3 is 5.73 Å². The van der Waals surface area contributed by atoms with E-state index in [0.29, 0.717) is 6.54 Å². The first-order valence-corrected chi connectivity index (χ1v) is 7.39. The summed E-state index contributed by atoms with van der Waals surface area (Å²) >= 11 is 0. The van der Waals surface area contributed by atoms with Crippen molar-refractivity contribution in [3.8, 4) is 11.3 Å². The highest BCUT2D eigenvalue weighted by Crippen LogP contribution is 2.21. The number of nitrogens with two attached hydrogens (primary N) is 1. The van der Waals surface area contributed by atoms with Crippen LogP contribution in [0, 0.1) is 0 Å². The molecule has 2 rings (SSSR count). The fraction of sp³-hybridized carbons (Fsp3) is 0.533. The van der Waals surface area contributed by atoms with Crippen LogP contribution in [0.25, 0.3) is 11.3 Å². The third kappa shape index (κ3) is 3.63. The van der Waals surface area contributed by atoms with Crippen molar-refractivity contribution in [3.05, 3.63) is 30.2 Å². The Labute approximate surface area is 120 Å². The molecule has 0 atom stereocenters. The van der Waals surface area contributed by atoms with E-state index in [2.05, 4.69) is 22.2 Å². The molecule has 2 aromatic heterocycles. The van der Waals surface area contributed by atoms with Crippen molar-refractivity contribution in [1.82, 2.24) is 20.0 Å². The largest absolute Gasteiger partial charge is 0.325 e. The maximum atomic E-state index is 5.76. The highest BCUT2D eigenvalue weighted by atomic mass is 15.4. The smallest absolute Gasteiger partial charge is 0.104 e. The van der Waals surface area contributed by atoms with Gasteiger partial charge >= 0.3 is 0 Å². The number of hydrogen-bond acceptors (Lipinski definition) is 4. The number of unbranched alkanes of at least 4 members (excludes halogenated alkanes) is 4. The topological polar surface area (TPSA) is 69.6 Å². The summed E-state index contributed by atoms with van der Waals surface area (Å²) < 4.78 is 1.98. The Bertz CT molecular complexity index is 506. The Hall–Kier alpha value is -1.75. The number of aryl methyl sites for hydroxylation is 1. The molecule has 0 saturated carbocycles. The molecule has 2 aromatic rings. The molecule has 5 heteroatoms. The van der Waals surface area contributed by atoms with E-state index in [1.165, 1.54) is 25.7 Å². The quantitative estimate of drug-likeness (QED) is 0.751. The summed E-state index contributed by atoms with van der Waals surface area (Å²) in [5, 5.41) is 8.44. The van der Waals surface area contributed by atoms with Crippen LogP contribution in [-0.2, 0) is 13.1 Å². The van der Waals surface area contributed by atoms with Crippen LogP contribution in [0.3, 0.4) is 0 Å². The Morgan fingerprint density at radius 3 is 2.55 bits per heavy atom. The van der Waals surface area contributed by atoms with Crippen molar-refractivity contribution in [3.63, 3.8) is 0 Å². The second-order valence-corrected chi connectivity index (χ2v) is 4.96. The normalized spacial score (nSPS) is 10.9. The van der Waals surface area contributed by atoms with E-state index in [-0.39, 0.29) is 0 Å². The third-order valence-electron chi connectivity index (χ3n) is 3.43. The standard InChI is InChI=1S/C15H23N5/c1-2-3-4-5-6-11-20-15(14(12-16)18-19-20)13-7-9-17-10-8-13/h7-10H,2-6,11-12,16H2,1H3. The van der Waals surface area contributed by atoms with Gasteiger partial charge in [-0.05, 0) is 18.6 Å². The third-order valence-corrected chi connectivity index (χ3v) is 3.43. The van der Waals surface area contributed by atoms with Gasteiger partial charge in [0.1, 0.15) is 5.69 Å². The molecule has 108 valence electrons. The molecule has 0 radical (unpaired) electrons. The van der Waals surface area contributed by atoms with Gasteiger partial charge in [0.15, 0.2) is 0 Å². The predicted molar refractivity (Wildman–Crippen MR) is 79.9 cm³/mol. The number of nitrogens with zero attached hydrogens (tertiary/aromatic N) is 4. The average molecular weight is 273 g/mol. The first kappa shape index (κ1) is 14.7. The molecule has 0 aliphatic carbocycles. The minimum Gasteiger partial charge on any atom is -0.325 e. The summed E-state index contributed by atoms with van der Waals surface area (Å²) in [7, 11) is 0. The second-order valence-electron chi connectivity index (χ2n) is 4.96. The first-order valence-electron chi connectivity index (χ1n) is 7.39. The average Bonchev–Trinajstić information content (AvgIpc) is 2.91. The highest BCUT2D eigenvalue weighted by Gasteiger charge is 2.13. The molecule has 20 heavy (non-hydrogen) atoms. The van der Waals surface area contributed by atoms with E-state index in [1.807, 2.05) is 16.8 Å². The van der Waals surface area contributed by atoms with Gasteiger partial charge in [0.25, 0.3) is 0 Å². The lowest BCUT2D eigenvalue weighted by Gasteiger charge is -2.07. The summed E-state index contributed by atoms with van der Waals surface area (Å²) in [5.41, 5.74) is 8.73. The molecular weight excluding hydrogens is 250 g/mol. The van der Waals surface area contributed by atoms with Gasteiger partial charge in [0, 0.05) is 31.0 Å². The molecule has 0 unspecified atom stereocenters. The molecule has 2 N–H and O–H groups in total. The fourth-order valence-corrected chi connectivity index (χ4v) is 2.33. The van der Waals surface area contributed by atoms with Crippen LogP contribution in [0.4, 0.5) is 0 Å². The van der Waals surface area contributed by atoms with E-state index in [1.54, 1.807) is 12.4 Å². The van der Waals surface area contributed by atoms with Gasteiger partial charge in [-0.15, -0.1) is 5.10 Å². The zero-order valence-corrected chi connectivity index (χ0v) is 12.1. The van der Waals surface area contributed by atoms with Crippen LogP contribution in [0.2, 0.25) is 0 Å². The number of rotatable bonds is 8. The van der Waals surface area contributed by atoms with Crippen molar-refractivity contribution in [2.45, 2.75) is 52.1 Å². The van der Waals surface area contributed by atoms with Crippen LogP contribution in [0.5, 0.6) is 0 Å². The molecule has 2 heterocycles. The zero-order chi connectivity index (χ0) is 14.2. The van der Waals surface area contributed by atoms with Crippen LogP contribution < -0.4 is 5.73 Å². The van der Waals surface area contributed by atoms with Crippen LogP contribution in [-0.4, -0.2) is 20.0 Å². The van der Waals surface area contributed by atoms with Crippen molar-refractivity contribution in [1.29, 1.82) is 0 Å². The molecule has 0 bridgehead atoms. The minimum absolute atomic E-state index is 0.410. The predicted octanol–water partition coefficient (Wildman–Crippen LogP) is 2.77. The van der Waals surface area contributed by atoms with Gasteiger partial charge in [-0.3, -0.25) is 4.98 Å². The molecule has 0 amide bonds. The van der Waals surface area contributed by atoms with Gasteiger partial charge in [0.05, 0.1) is 5.69 Å². The molecule has 0 aliphatic rings. The maximum Gasteiger partial charge on any atom is 0.104 e. The van der Waals surface area contributed by atoms with Crippen molar-refractivity contribution in [2.24, 2.45) is 5.73 Å². The molecular formula is C15H23N5. The number of hydrogen-bond donors (Lipinski definition) is 1. The van der Waals surface area contributed by atoms with Gasteiger partial charge in [-0.25, -0.2) is 4.68 Å². The lowest BCUT2D eigenvalue weighted by Crippen LogP contribution is -2.05. The van der Waals surface area contributed by atoms with Crippen molar-refractivity contribution in [2.75, 3.05) is 0 Å². The van der Waals surface area contributed by atoms with Crippen LogP contribution >= 0.6 is 0 Å². The lowest BCUT2D eigenvalue weighted by molar-refractivity contribution is 0.524. The number of aromatic nitrogens is 4. The molecule has 0 fully saturated rings. The summed E-state index contributed by atoms with van der Waals surface area (Å²) in [4.78, 5) is 4.05. The second kappa shape index (κ2) is 7.75. The summed E-state index contributed by atoms with van der Waals surface area (Å²) in [6.07, 6.45) is 9.81. The highest BCUT2D eigenvalue weighted by molar-refractivity contribution is 5.61. The lowest BCUT2D eigenvalue weighted by atomic mass is 10.1. The van der Waals surface area contributed by atoms with Crippen molar-refractivity contribution >= 4 is 0 Å². The van der Waals surface area contributed by atoms with Gasteiger partial charge in [0.2, 0.25) is 0 Å². The molecule has 0 saturated heterocycles. The molecule has 0 aromatic carbocycles. The Balaban J connectivity index is 2.08. The fourth-order valence-electron chi connectivity index (χ4n) is 2.33. The summed E-state index contributed by atoms with van der Waals surface area (Å²) in [5.74, 6) is 0. The molecule has 5 nitrogen and oxygen atoms in total. The van der Waals surface area contributed by atoms with E-state index in [0.717, 1.165) is 29.9 Å². The van der Waals surface area contributed by atoms with Gasteiger partial charge in [-0.2, -0.15) is 0 Å². The zero-order valence-electron chi connectivity index (χ0n) is 12.1. The minimum atomic E-state index is 0.410. The maximum absolute atomic E-state index is 5.76. The van der Waals surface area contributed by atoms with E-state index < -0.39 is 0 Å². The summed E-state index contributed by atoms with van der Waals surface area (Å²) in [6, 6.07) is 3.96. The van der Waals surface area contributed by atoms with E-state index in [4.69, 9.17) is 5.73 Å². The Morgan fingerprint density at radius 1 is 1.10 bits per heavy atom. The van der Waals surface area contributed by atoms with Gasteiger partial charge in [-0.1, -0.05) is 37.8 Å². The van der Waals surface area contributed by atoms with Crippen LogP contribution in [0.1, 0.15) is 44.7 Å².